The highest BCUT2D eigenvalue weighted by Crippen LogP contribution is 2.21. The molecule has 5 heteroatoms. The van der Waals surface area contributed by atoms with Crippen LogP contribution < -0.4 is 15.5 Å². The van der Waals surface area contributed by atoms with E-state index in [4.69, 9.17) is 0 Å². The Balaban J connectivity index is 1.63. The Morgan fingerprint density at radius 1 is 0.966 bits per heavy atom. The summed E-state index contributed by atoms with van der Waals surface area (Å²) in [6.45, 7) is 4.90. The Morgan fingerprint density at radius 2 is 1.62 bits per heavy atom. The number of hydrogen-bond acceptors (Lipinski definition) is 3. The molecule has 0 atom stereocenters. The van der Waals surface area contributed by atoms with Gasteiger partial charge in [0, 0.05) is 42.1 Å². The van der Waals surface area contributed by atoms with Crippen molar-refractivity contribution in [3.63, 3.8) is 0 Å². The molecule has 0 heterocycles. The van der Waals surface area contributed by atoms with Gasteiger partial charge in [-0.25, -0.2) is 0 Å². The molecule has 1 aliphatic carbocycles. The molecular formula is C24H31N3O2. The Bertz CT molecular complexity index is 855. The second-order valence-corrected chi connectivity index (χ2v) is 7.85. The van der Waals surface area contributed by atoms with Crippen LogP contribution in [0.2, 0.25) is 0 Å². The van der Waals surface area contributed by atoms with Gasteiger partial charge in [0.1, 0.15) is 0 Å². The van der Waals surface area contributed by atoms with Crippen molar-refractivity contribution in [2.24, 2.45) is 0 Å². The lowest BCUT2D eigenvalue weighted by molar-refractivity contribution is 0.0927. The van der Waals surface area contributed by atoms with Crippen molar-refractivity contribution in [2.75, 3.05) is 23.8 Å². The van der Waals surface area contributed by atoms with Gasteiger partial charge >= 0.3 is 0 Å². The Hall–Kier alpha value is -2.82. The fraction of sp³-hybridized carbons (Fsp3) is 0.417. The Kier molecular flexibility index (Phi) is 6.91. The van der Waals surface area contributed by atoms with Crippen LogP contribution in [0.3, 0.4) is 0 Å². The maximum Gasteiger partial charge on any atom is 0.255 e. The van der Waals surface area contributed by atoms with Crippen LogP contribution in [0.25, 0.3) is 0 Å². The summed E-state index contributed by atoms with van der Waals surface area (Å²) >= 11 is 0. The molecule has 0 aromatic heterocycles. The fourth-order valence-corrected chi connectivity index (χ4v) is 3.71. The van der Waals surface area contributed by atoms with E-state index in [-0.39, 0.29) is 17.9 Å². The molecule has 0 saturated heterocycles. The molecule has 5 nitrogen and oxygen atoms in total. The number of benzene rings is 2. The first-order valence-electron chi connectivity index (χ1n) is 10.5. The molecule has 3 rings (SSSR count). The first-order chi connectivity index (χ1) is 14.0. The molecule has 0 bridgehead atoms. The van der Waals surface area contributed by atoms with Crippen LogP contribution in [0, 0.1) is 6.92 Å². The van der Waals surface area contributed by atoms with Gasteiger partial charge in [0.15, 0.2) is 0 Å². The molecule has 1 aliphatic rings. The summed E-state index contributed by atoms with van der Waals surface area (Å²) in [5.41, 5.74) is 3.92. The number of aryl methyl sites for hydroxylation is 1. The Labute approximate surface area is 173 Å². The summed E-state index contributed by atoms with van der Waals surface area (Å²) in [4.78, 5) is 27.2. The summed E-state index contributed by atoms with van der Waals surface area (Å²) < 4.78 is 0. The highest BCUT2D eigenvalue weighted by Gasteiger charge is 2.17. The lowest BCUT2D eigenvalue weighted by atomic mass is 9.95. The number of nitrogens with one attached hydrogen (secondary N) is 2. The third kappa shape index (κ3) is 5.37. The number of anilines is 2. The van der Waals surface area contributed by atoms with Crippen LogP contribution in [-0.2, 0) is 0 Å². The van der Waals surface area contributed by atoms with Gasteiger partial charge in [-0.15, -0.1) is 0 Å². The van der Waals surface area contributed by atoms with E-state index in [9.17, 15) is 9.59 Å². The van der Waals surface area contributed by atoms with Crippen LogP contribution in [0.5, 0.6) is 0 Å². The predicted molar refractivity (Wildman–Crippen MR) is 119 cm³/mol. The SMILES string of the molecule is CCN(C)c1ccc(C(=O)Nc2ccc(C(=O)NC3CCCCC3)cc2C)cc1. The summed E-state index contributed by atoms with van der Waals surface area (Å²) in [6, 6.07) is 13.3. The molecule has 2 aromatic carbocycles. The lowest BCUT2D eigenvalue weighted by Crippen LogP contribution is -2.36. The third-order valence-electron chi connectivity index (χ3n) is 5.72. The molecular weight excluding hydrogens is 362 g/mol. The first-order valence-corrected chi connectivity index (χ1v) is 10.5. The molecule has 2 N–H and O–H groups in total. The molecule has 0 radical (unpaired) electrons. The number of nitrogens with zero attached hydrogens (tertiary/aromatic N) is 1. The van der Waals surface area contributed by atoms with E-state index in [1.54, 1.807) is 6.07 Å². The van der Waals surface area contributed by atoms with Gasteiger partial charge in [0.05, 0.1) is 0 Å². The second kappa shape index (κ2) is 9.59. The van der Waals surface area contributed by atoms with Gasteiger partial charge < -0.3 is 15.5 Å². The van der Waals surface area contributed by atoms with E-state index in [0.29, 0.717) is 11.1 Å². The zero-order chi connectivity index (χ0) is 20.8. The first kappa shape index (κ1) is 20.9. The van der Waals surface area contributed by atoms with Crippen LogP contribution >= 0.6 is 0 Å². The Morgan fingerprint density at radius 3 is 2.24 bits per heavy atom. The van der Waals surface area contributed by atoms with Crippen molar-refractivity contribution < 1.29 is 9.59 Å². The average molecular weight is 394 g/mol. The molecule has 0 spiro atoms. The van der Waals surface area contributed by atoms with Gasteiger partial charge in [-0.1, -0.05) is 19.3 Å². The van der Waals surface area contributed by atoms with E-state index in [2.05, 4.69) is 22.5 Å². The van der Waals surface area contributed by atoms with Crippen molar-refractivity contribution >= 4 is 23.2 Å². The monoisotopic (exact) mass is 393 g/mol. The minimum Gasteiger partial charge on any atom is -0.375 e. The van der Waals surface area contributed by atoms with E-state index < -0.39 is 0 Å². The molecule has 0 unspecified atom stereocenters. The average Bonchev–Trinajstić information content (AvgIpc) is 2.75. The highest BCUT2D eigenvalue weighted by atomic mass is 16.2. The van der Waals surface area contributed by atoms with Gasteiger partial charge in [-0.3, -0.25) is 9.59 Å². The molecule has 1 fully saturated rings. The van der Waals surface area contributed by atoms with Gasteiger partial charge in [0.25, 0.3) is 11.8 Å². The van der Waals surface area contributed by atoms with Crippen LogP contribution in [0.4, 0.5) is 11.4 Å². The maximum atomic E-state index is 12.6. The standard InChI is InChI=1S/C24H31N3O2/c1-4-27(3)21-13-10-18(11-14-21)23(28)26-22-15-12-19(16-17(22)2)24(29)25-20-8-6-5-7-9-20/h10-16,20H,4-9H2,1-3H3,(H,25,29)(H,26,28). The highest BCUT2D eigenvalue weighted by molar-refractivity contribution is 6.05. The molecule has 0 aliphatic heterocycles. The number of amides is 2. The summed E-state index contributed by atoms with van der Waals surface area (Å²) in [7, 11) is 2.02. The second-order valence-electron chi connectivity index (χ2n) is 7.85. The molecule has 29 heavy (non-hydrogen) atoms. The van der Waals surface area contributed by atoms with Gasteiger partial charge in [-0.05, 0) is 74.7 Å². The van der Waals surface area contributed by atoms with Gasteiger partial charge in [0.2, 0.25) is 0 Å². The van der Waals surface area contributed by atoms with Crippen molar-refractivity contribution in [3.05, 3.63) is 59.2 Å². The fourth-order valence-electron chi connectivity index (χ4n) is 3.71. The topological polar surface area (TPSA) is 61.4 Å². The summed E-state index contributed by atoms with van der Waals surface area (Å²) in [5.74, 6) is -0.188. The lowest BCUT2D eigenvalue weighted by Gasteiger charge is -2.23. The molecule has 1 saturated carbocycles. The number of hydrogen-bond donors (Lipinski definition) is 2. The van der Waals surface area contributed by atoms with E-state index in [1.807, 2.05) is 50.4 Å². The number of rotatable bonds is 6. The molecule has 2 aromatic rings. The molecule has 154 valence electrons. The zero-order valence-electron chi connectivity index (χ0n) is 17.6. The minimum atomic E-state index is -0.154. The largest absolute Gasteiger partial charge is 0.375 e. The van der Waals surface area contributed by atoms with Gasteiger partial charge in [-0.2, -0.15) is 0 Å². The summed E-state index contributed by atoms with van der Waals surface area (Å²) in [5, 5.41) is 6.09. The number of carbonyl (C=O) groups excluding carboxylic acids is 2. The van der Waals surface area contributed by atoms with Crippen LogP contribution in [-0.4, -0.2) is 31.4 Å². The molecule has 2 amide bonds. The van der Waals surface area contributed by atoms with Crippen LogP contribution in [0.1, 0.15) is 65.3 Å². The van der Waals surface area contributed by atoms with E-state index in [0.717, 1.165) is 36.3 Å². The van der Waals surface area contributed by atoms with Crippen molar-refractivity contribution in [2.45, 2.75) is 52.0 Å². The van der Waals surface area contributed by atoms with Crippen molar-refractivity contribution in [1.82, 2.24) is 5.32 Å². The van der Waals surface area contributed by atoms with E-state index >= 15 is 0 Å². The normalized spacial score (nSPS) is 14.3. The predicted octanol–water partition coefficient (Wildman–Crippen LogP) is 4.77. The van der Waals surface area contributed by atoms with Crippen molar-refractivity contribution in [1.29, 1.82) is 0 Å². The van der Waals surface area contributed by atoms with E-state index in [1.165, 1.54) is 19.3 Å². The maximum absolute atomic E-state index is 12.6. The van der Waals surface area contributed by atoms with Crippen LogP contribution in [0.15, 0.2) is 42.5 Å². The third-order valence-corrected chi connectivity index (χ3v) is 5.72. The quantitative estimate of drug-likeness (QED) is 0.743. The smallest absolute Gasteiger partial charge is 0.255 e. The zero-order valence-corrected chi connectivity index (χ0v) is 17.6. The minimum absolute atomic E-state index is 0.0338. The number of carbonyl (C=O) groups is 2. The van der Waals surface area contributed by atoms with Crippen molar-refractivity contribution in [3.8, 4) is 0 Å². The summed E-state index contributed by atoms with van der Waals surface area (Å²) in [6.07, 6.45) is 5.75.